The molecule has 0 saturated heterocycles. The Morgan fingerprint density at radius 3 is 2.64 bits per heavy atom. The van der Waals surface area contributed by atoms with Crippen molar-refractivity contribution in [2.24, 2.45) is 5.92 Å². The Bertz CT molecular complexity index is 617. The summed E-state index contributed by atoms with van der Waals surface area (Å²) in [4.78, 5) is 2.19. The van der Waals surface area contributed by atoms with E-state index in [9.17, 15) is 0 Å². The predicted octanol–water partition coefficient (Wildman–Crippen LogP) is 3.75. The van der Waals surface area contributed by atoms with Crippen molar-refractivity contribution in [1.82, 2.24) is 10.2 Å². The maximum Gasteiger partial charge on any atom is 0.117 e. The van der Waals surface area contributed by atoms with Crippen molar-refractivity contribution in [3.05, 3.63) is 59.0 Å². The molecule has 1 heterocycles. The monoisotopic (exact) mass is 298 g/mol. The van der Waals surface area contributed by atoms with Crippen LogP contribution < -0.4 is 5.32 Å². The summed E-state index contributed by atoms with van der Waals surface area (Å²) >= 11 is 0. The Hall–Kier alpha value is -1.58. The average Bonchev–Trinajstić information content (AvgIpc) is 3.01. The lowest BCUT2D eigenvalue weighted by atomic mass is 10.1. The van der Waals surface area contributed by atoms with E-state index in [2.05, 4.69) is 67.6 Å². The van der Waals surface area contributed by atoms with Crippen molar-refractivity contribution in [3.63, 3.8) is 0 Å². The molecule has 0 amide bonds. The summed E-state index contributed by atoms with van der Waals surface area (Å²) in [7, 11) is 4.19. The minimum absolute atomic E-state index is 0.663. The molecule has 1 aromatic heterocycles. The van der Waals surface area contributed by atoms with E-state index >= 15 is 0 Å². The zero-order valence-electron chi connectivity index (χ0n) is 13.8. The molecule has 3 nitrogen and oxygen atoms in total. The highest BCUT2D eigenvalue weighted by molar-refractivity contribution is 5.23. The van der Waals surface area contributed by atoms with E-state index < -0.39 is 0 Å². The smallest absolute Gasteiger partial charge is 0.117 e. The first-order valence-corrected chi connectivity index (χ1v) is 8.13. The topological polar surface area (TPSA) is 28.4 Å². The van der Waals surface area contributed by atoms with E-state index in [0.717, 1.165) is 37.1 Å². The van der Waals surface area contributed by atoms with E-state index in [-0.39, 0.29) is 0 Å². The predicted molar refractivity (Wildman–Crippen MR) is 89.6 cm³/mol. The van der Waals surface area contributed by atoms with Gasteiger partial charge in [-0.25, -0.2) is 0 Å². The van der Waals surface area contributed by atoms with Crippen molar-refractivity contribution in [2.75, 3.05) is 14.1 Å². The third kappa shape index (κ3) is 3.99. The molecule has 1 fully saturated rings. The van der Waals surface area contributed by atoms with Gasteiger partial charge >= 0.3 is 0 Å². The van der Waals surface area contributed by atoms with Crippen molar-refractivity contribution in [3.8, 4) is 0 Å². The molecule has 2 aromatic rings. The summed E-state index contributed by atoms with van der Waals surface area (Å²) in [6, 6.07) is 13.0. The van der Waals surface area contributed by atoms with Crippen molar-refractivity contribution < 1.29 is 4.42 Å². The molecule has 1 aliphatic carbocycles. The summed E-state index contributed by atoms with van der Waals surface area (Å²) in [5.41, 5.74) is 2.68. The number of hydrogen-bond donors (Lipinski definition) is 1. The Balaban J connectivity index is 1.49. The molecular formula is C19H26N2O. The van der Waals surface area contributed by atoms with Crippen LogP contribution in [0.5, 0.6) is 0 Å². The second-order valence-electron chi connectivity index (χ2n) is 6.78. The molecule has 22 heavy (non-hydrogen) atoms. The maximum absolute atomic E-state index is 5.92. The Morgan fingerprint density at radius 1 is 1.14 bits per heavy atom. The van der Waals surface area contributed by atoms with Crippen molar-refractivity contribution in [1.29, 1.82) is 0 Å². The molecule has 1 aromatic carbocycles. The molecule has 2 unspecified atom stereocenters. The molecule has 1 saturated carbocycles. The van der Waals surface area contributed by atoms with Gasteiger partial charge in [0.2, 0.25) is 0 Å². The van der Waals surface area contributed by atoms with Gasteiger partial charge in [-0.05, 0) is 49.7 Å². The van der Waals surface area contributed by atoms with Gasteiger partial charge in [-0.3, -0.25) is 0 Å². The first-order valence-electron chi connectivity index (χ1n) is 8.13. The molecule has 0 bridgehead atoms. The highest BCUT2D eigenvalue weighted by Crippen LogP contribution is 2.47. The number of furan rings is 1. The Labute approximate surface area is 133 Å². The van der Waals surface area contributed by atoms with E-state index in [1.54, 1.807) is 0 Å². The van der Waals surface area contributed by atoms with Crippen LogP contribution in [0.1, 0.15) is 41.9 Å². The first-order chi connectivity index (χ1) is 10.6. The van der Waals surface area contributed by atoms with E-state index in [0.29, 0.717) is 5.92 Å². The van der Waals surface area contributed by atoms with Gasteiger partial charge in [0.1, 0.15) is 11.5 Å². The Kier molecular flexibility index (Phi) is 4.65. The molecule has 0 spiro atoms. The van der Waals surface area contributed by atoms with Gasteiger partial charge in [0.25, 0.3) is 0 Å². The molecule has 3 heteroatoms. The second kappa shape index (κ2) is 6.67. The van der Waals surface area contributed by atoms with Gasteiger partial charge in [-0.2, -0.15) is 0 Å². The lowest BCUT2D eigenvalue weighted by molar-refractivity contribution is 0.402. The van der Waals surface area contributed by atoms with Crippen LogP contribution in [0.25, 0.3) is 0 Å². The van der Waals surface area contributed by atoms with Crippen LogP contribution in [0, 0.1) is 5.92 Å². The number of hydrogen-bond acceptors (Lipinski definition) is 3. The number of benzene rings is 1. The van der Waals surface area contributed by atoms with Crippen LogP contribution in [0.15, 0.2) is 40.8 Å². The first kappa shape index (κ1) is 15.3. The standard InChI is InChI=1S/C19H26N2O/c1-14-9-18(14)19-8-7-17(22-19)12-20-11-15-5-4-6-16(10-15)13-21(2)3/h4-8,10,14,18,20H,9,11-13H2,1-3H3. The minimum atomic E-state index is 0.663. The fourth-order valence-corrected chi connectivity index (χ4v) is 2.94. The zero-order chi connectivity index (χ0) is 15.5. The number of nitrogens with zero attached hydrogens (tertiary/aromatic N) is 1. The highest BCUT2D eigenvalue weighted by Gasteiger charge is 2.36. The van der Waals surface area contributed by atoms with E-state index in [1.807, 2.05) is 0 Å². The molecule has 1 aliphatic rings. The molecule has 118 valence electrons. The summed E-state index contributed by atoms with van der Waals surface area (Å²) in [6.45, 7) is 4.93. The lowest BCUT2D eigenvalue weighted by Crippen LogP contribution is -2.13. The van der Waals surface area contributed by atoms with Crippen LogP contribution in [0.2, 0.25) is 0 Å². The van der Waals surface area contributed by atoms with Crippen LogP contribution in [-0.4, -0.2) is 19.0 Å². The van der Waals surface area contributed by atoms with Gasteiger partial charge in [0.05, 0.1) is 6.54 Å². The fraction of sp³-hybridized carbons (Fsp3) is 0.474. The van der Waals surface area contributed by atoms with Gasteiger partial charge in [0, 0.05) is 19.0 Å². The molecule has 1 N–H and O–H groups in total. The third-order valence-electron chi connectivity index (χ3n) is 4.28. The maximum atomic E-state index is 5.92. The van der Waals surface area contributed by atoms with Gasteiger partial charge in [0.15, 0.2) is 0 Å². The molecule has 2 atom stereocenters. The average molecular weight is 298 g/mol. The third-order valence-corrected chi connectivity index (χ3v) is 4.28. The lowest BCUT2D eigenvalue weighted by Gasteiger charge is -2.11. The largest absolute Gasteiger partial charge is 0.464 e. The summed E-state index contributed by atoms with van der Waals surface area (Å²) in [6.07, 6.45) is 1.28. The van der Waals surface area contributed by atoms with Crippen LogP contribution in [0.4, 0.5) is 0 Å². The summed E-state index contributed by atoms with van der Waals surface area (Å²) in [5.74, 6) is 3.67. The van der Waals surface area contributed by atoms with Gasteiger partial charge < -0.3 is 14.6 Å². The summed E-state index contributed by atoms with van der Waals surface area (Å²) in [5, 5.41) is 3.48. The van der Waals surface area contributed by atoms with Crippen LogP contribution in [0.3, 0.4) is 0 Å². The van der Waals surface area contributed by atoms with Crippen molar-refractivity contribution >= 4 is 0 Å². The normalized spacial score (nSPS) is 20.5. The minimum Gasteiger partial charge on any atom is -0.464 e. The molecule has 3 rings (SSSR count). The zero-order valence-corrected chi connectivity index (χ0v) is 13.8. The number of rotatable bonds is 7. The molecular weight excluding hydrogens is 272 g/mol. The van der Waals surface area contributed by atoms with Crippen LogP contribution >= 0.6 is 0 Å². The van der Waals surface area contributed by atoms with E-state index in [1.165, 1.54) is 17.5 Å². The van der Waals surface area contributed by atoms with Gasteiger partial charge in [-0.15, -0.1) is 0 Å². The quantitative estimate of drug-likeness (QED) is 0.844. The summed E-state index contributed by atoms with van der Waals surface area (Å²) < 4.78 is 5.92. The van der Waals surface area contributed by atoms with Gasteiger partial charge in [-0.1, -0.05) is 31.2 Å². The van der Waals surface area contributed by atoms with Crippen molar-refractivity contribution in [2.45, 2.75) is 38.9 Å². The molecule has 0 radical (unpaired) electrons. The fourth-order valence-electron chi connectivity index (χ4n) is 2.94. The SMILES string of the molecule is CC1CC1c1ccc(CNCc2cccc(CN(C)C)c2)o1. The van der Waals surface area contributed by atoms with E-state index in [4.69, 9.17) is 4.42 Å². The highest BCUT2D eigenvalue weighted by atomic mass is 16.3. The Morgan fingerprint density at radius 2 is 1.91 bits per heavy atom. The van der Waals surface area contributed by atoms with Crippen LogP contribution in [-0.2, 0) is 19.6 Å². The number of nitrogens with one attached hydrogen (secondary N) is 1. The second-order valence-corrected chi connectivity index (χ2v) is 6.78. The molecule has 0 aliphatic heterocycles.